The van der Waals surface area contributed by atoms with Crippen LogP contribution in [0.4, 0.5) is 20.7 Å². The maximum atomic E-state index is 13.5. The molecule has 24 heteroatoms. The van der Waals surface area contributed by atoms with Gasteiger partial charge in [0.05, 0.1) is 65.7 Å². The fraction of sp³-hybridized carbons (Fsp3) is 0.333. The fourth-order valence-electron chi connectivity index (χ4n) is 7.59. The van der Waals surface area contributed by atoms with Gasteiger partial charge in [0.2, 0.25) is 31.9 Å². The third-order valence-electron chi connectivity index (χ3n) is 11.9. The number of aliphatic carboxylic acids is 2. The third kappa shape index (κ3) is 21.9. The van der Waals surface area contributed by atoms with E-state index < -0.39 is 80.9 Å². The van der Waals surface area contributed by atoms with Crippen molar-refractivity contribution in [2.45, 2.75) is 95.7 Å². The summed E-state index contributed by atoms with van der Waals surface area (Å²) in [7, 11) is -4.67. The monoisotopic (exact) mass is 1180 g/mol. The van der Waals surface area contributed by atoms with Crippen LogP contribution in [0.5, 0.6) is 0 Å². The normalized spacial score (nSPS) is 13.2. The second-order valence-electron chi connectivity index (χ2n) is 19.2. The Hall–Kier alpha value is -6.12. The summed E-state index contributed by atoms with van der Waals surface area (Å²) in [5, 5.41) is 61.1. The van der Waals surface area contributed by atoms with E-state index in [1.54, 1.807) is 0 Å². The molecule has 0 radical (unpaired) electrons. The number of hydrogen-bond donors (Lipinski definition) is 5. The number of benzene rings is 4. The maximum Gasteiger partial charge on any atom is 2.00 e. The zero-order chi connectivity index (χ0) is 59.6. The molecule has 2 aromatic heterocycles. The van der Waals surface area contributed by atoms with Crippen LogP contribution in [0.2, 0.25) is 0 Å². The number of carbonyl (C=O) groups excluding carboxylic acids is 2. The van der Waals surface area contributed by atoms with E-state index in [9.17, 15) is 65.8 Å². The summed E-state index contributed by atoms with van der Waals surface area (Å²) in [5.74, 6) is -4.28. The van der Waals surface area contributed by atoms with Crippen molar-refractivity contribution in [1.29, 1.82) is 0 Å². The van der Waals surface area contributed by atoms with Crippen molar-refractivity contribution in [3.8, 4) is 22.5 Å². The number of halogens is 2. The maximum absolute atomic E-state index is 13.5. The number of nitrogens with zero attached hydrogens (tertiary/aromatic N) is 6. The number of aliphatic hydroxyl groups excluding tert-OH is 4. The number of carboxylic acids is 2. The van der Waals surface area contributed by atoms with Gasteiger partial charge in [0.15, 0.2) is 0 Å². The number of rotatable bonds is 22. The molecule has 0 saturated carbocycles. The van der Waals surface area contributed by atoms with Crippen LogP contribution in [0.1, 0.15) is 105 Å². The Morgan fingerprint density at radius 2 is 0.877 bits per heavy atom. The van der Waals surface area contributed by atoms with E-state index in [-0.39, 0.29) is 80.4 Å². The van der Waals surface area contributed by atoms with Gasteiger partial charge in [0.25, 0.3) is 0 Å². The van der Waals surface area contributed by atoms with Crippen LogP contribution in [-0.4, -0.2) is 158 Å². The SMILES string of the molecule is CC(C)c1nc(N(C)S(C)(=O)=O)nc(-c2ccc(F)cc2)c1C=C[C@@H](O)C[C@@H](O)CC(=O)[O-].CC(C)c1nc(N(C)S(C)(=O)=O)nc(-c2ccc(F)cc2)c1C=C[C@@H](O)C[C@@H](O)CC(=O)[O-].NC(c1ccccc1)c1ccccc1.[Ca+2]. The summed E-state index contributed by atoms with van der Waals surface area (Å²) < 4.78 is 77.1. The van der Waals surface area contributed by atoms with E-state index in [1.165, 1.54) is 86.9 Å². The average Bonchev–Trinajstić information content (AvgIpc) is 3.41. The molecular weight excluding hydrogens is 1120 g/mol. The Labute approximate surface area is 501 Å². The second kappa shape index (κ2) is 31.9. The van der Waals surface area contributed by atoms with Crippen LogP contribution in [0.25, 0.3) is 34.7 Å². The molecule has 0 saturated heterocycles. The first kappa shape index (κ1) is 69.1. The number of sulfonamides is 2. The molecule has 0 amide bonds. The van der Waals surface area contributed by atoms with Crippen molar-refractivity contribution in [2.24, 2.45) is 5.73 Å². The van der Waals surface area contributed by atoms with Gasteiger partial charge in [0.1, 0.15) is 11.6 Å². The first-order valence-electron chi connectivity index (χ1n) is 25.0. The van der Waals surface area contributed by atoms with Crippen LogP contribution in [0.15, 0.2) is 121 Å². The summed E-state index contributed by atoms with van der Waals surface area (Å²) in [4.78, 5) is 38.9. The van der Waals surface area contributed by atoms with Gasteiger partial charge in [0, 0.05) is 74.0 Å². The van der Waals surface area contributed by atoms with E-state index in [4.69, 9.17) is 5.73 Å². The third-order valence-corrected chi connectivity index (χ3v) is 14.2. The Kier molecular flexibility index (Phi) is 27.2. The quantitative estimate of drug-likeness (QED) is 0.0585. The van der Waals surface area contributed by atoms with Crippen molar-refractivity contribution < 1.29 is 65.8 Å². The Morgan fingerprint density at radius 3 is 1.15 bits per heavy atom. The minimum Gasteiger partial charge on any atom is -0.550 e. The molecule has 0 spiro atoms. The molecule has 19 nitrogen and oxygen atoms in total. The molecule has 0 bridgehead atoms. The van der Waals surface area contributed by atoms with Gasteiger partial charge in [-0.25, -0.2) is 54.2 Å². The number of nitrogens with two attached hydrogens (primary N) is 1. The molecule has 0 fully saturated rings. The van der Waals surface area contributed by atoms with E-state index in [0.717, 1.165) is 32.2 Å². The topological polar surface area (TPSA) is 314 Å². The van der Waals surface area contributed by atoms with E-state index in [0.29, 0.717) is 45.0 Å². The number of anilines is 2. The summed E-state index contributed by atoms with van der Waals surface area (Å²) in [6.07, 6.45) is 1.16. The molecule has 4 atom stereocenters. The molecule has 6 aromatic rings. The zero-order valence-electron chi connectivity index (χ0n) is 46.2. The largest absolute Gasteiger partial charge is 2.00 e. The van der Waals surface area contributed by atoms with Gasteiger partial charge in [-0.15, -0.1) is 0 Å². The molecule has 6 rings (SSSR count). The molecule has 6 N–H and O–H groups in total. The summed E-state index contributed by atoms with van der Waals surface area (Å²) in [6, 6.07) is 31.2. The van der Waals surface area contributed by atoms with E-state index in [1.807, 2.05) is 64.1 Å². The number of aromatic nitrogens is 4. The first-order valence-corrected chi connectivity index (χ1v) is 28.7. The van der Waals surface area contributed by atoms with Gasteiger partial charge < -0.3 is 46.0 Å². The van der Waals surface area contributed by atoms with Gasteiger partial charge >= 0.3 is 37.7 Å². The van der Waals surface area contributed by atoms with Crippen molar-refractivity contribution in [3.63, 3.8) is 0 Å². The molecular formula is C57H67CaF2N7O12S2. The van der Waals surface area contributed by atoms with Crippen molar-refractivity contribution in [3.05, 3.63) is 167 Å². The molecule has 2 heterocycles. The first-order chi connectivity index (χ1) is 37.5. The molecule has 81 heavy (non-hydrogen) atoms. The van der Waals surface area contributed by atoms with Crippen molar-refractivity contribution in [1.82, 2.24) is 19.9 Å². The van der Waals surface area contributed by atoms with Crippen LogP contribution < -0.4 is 24.6 Å². The van der Waals surface area contributed by atoms with Gasteiger partial charge in [-0.05, 0) is 71.5 Å². The molecule has 0 unspecified atom stereocenters. The number of carboxylic acid groups (broad SMARTS) is 2. The van der Waals surface area contributed by atoms with Gasteiger partial charge in [-0.1, -0.05) is 113 Å². The van der Waals surface area contributed by atoms with Crippen molar-refractivity contribution >= 4 is 93.8 Å². The predicted molar refractivity (Wildman–Crippen MR) is 305 cm³/mol. The van der Waals surface area contributed by atoms with Crippen molar-refractivity contribution in [2.75, 3.05) is 35.2 Å². The molecule has 0 aliphatic carbocycles. The minimum absolute atomic E-state index is 0. The van der Waals surface area contributed by atoms with Crippen LogP contribution in [0.3, 0.4) is 0 Å². The van der Waals surface area contributed by atoms with Gasteiger partial charge in [-0.2, -0.15) is 0 Å². The summed E-state index contributed by atoms with van der Waals surface area (Å²) in [5.41, 5.74) is 11.9. The standard InChI is InChI=1S/2C22H28FN3O6S.C13H13N.Ca/c2*1-13(2)20-18(10-9-16(27)11-17(28)12-19(29)30)21(14-5-7-15(23)8-6-14)25-22(24-20)26(3)33(4,31)32;14-13(11-7-3-1-4-8-11)12-9-5-2-6-10-12;/h2*5-10,13,16-17,27-28H,11-12H2,1-4H3,(H,29,30);1-10,13H,14H2;/q;;;+2/p-2/t2*16-,17-;;/m11../s1. The summed E-state index contributed by atoms with van der Waals surface area (Å²) >= 11 is 0. The molecule has 0 aliphatic heterocycles. The average molecular weight is 1180 g/mol. The van der Waals surface area contributed by atoms with E-state index >= 15 is 0 Å². The number of hydrogen-bond acceptors (Lipinski definition) is 17. The number of carbonyl (C=O) groups is 2. The molecule has 0 aliphatic rings. The predicted octanol–water partition coefficient (Wildman–Crippen LogP) is 4.49. The Balaban J connectivity index is 0.000000340. The number of aliphatic hydroxyl groups is 4. The Bertz CT molecular complexity index is 3080. The Morgan fingerprint density at radius 1 is 0.568 bits per heavy atom. The molecule has 430 valence electrons. The smallest absolute Gasteiger partial charge is 0.550 e. The second-order valence-corrected chi connectivity index (χ2v) is 23.2. The van der Waals surface area contributed by atoms with Crippen LogP contribution in [-0.2, 0) is 29.6 Å². The summed E-state index contributed by atoms with van der Waals surface area (Å²) in [6.45, 7) is 7.38. The molecule has 4 aromatic carbocycles. The fourth-order valence-corrected chi connectivity index (χ4v) is 8.34. The van der Waals surface area contributed by atoms with Crippen LogP contribution >= 0.6 is 0 Å². The minimum atomic E-state index is -3.66. The van der Waals surface area contributed by atoms with Gasteiger partial charge in [-0.3, -0.25) is 0 Å². The van der Waals surface area contributed by atoms with Crippen LogP contribution in [0, 0.1) is 11.6 Å². The van der Waals surface area contributed by atoms with E-state index in [2.05, 4.69) is 44.2 Å². The zero-order valence-corrected chi connectivity index (χ0v) is 50.0.